The normalized spacial score (nSPS) is 22.8. The van der Waals surface area contributed by atoms with Gasteiger partial charge in [-0.1, -0.05) is 30.3 Å². The van der Waals surface area contributed by atoms with Gasteiger partial charge in [0.1, 0.15) is 0 Å². The second-order valence-corrected chi connectivity index (χ2v) is 8.09. The quantitative estimate of drug-likeness (QED) is 0.728. The molecule has 3 heterocycles. The van der Waals surface area contributed by atoms with Crippen molar-refractivity contribution in [2.75, 3.05) is 51.3 Å². The molecule has 0 radical (unpaired) electrons. The molecule has 2 atom stereocenters. The van der Waals surface area contributed by atoms with Gasteiger partial charge in [0.25, 0.3) is 0 Å². The molecule has 0 aliphatic carbocycles. The fourth-order valence-corrected chi connectivity index (χ4v) is 4.64. The van der Waals surface area contributed by atoms with E-state index in [-0.39, 0.29) is 17.9 Å². The van der Waals surface area contributed by atoms with Crippen LogP contribution < -0.4 is 4.90 Å². The van der Waals surface area contributed by atoms with Crippen molar-refractivity contribution < 1.29 is 9.53 Å². The Bertz CT molecular complexity index is 796. The Morgan fingerprint density at radius 2 is 1.77 bits per heavy atom. The number of methoxy groups -OCH3 is 1. The SMILES string of the molecule is COC[C@@H]1[C@H](C(=O)N2CCN(c3ncccn3)CC2)CCCN1Cc1ccccc1. The second kappa shape index (κ2) is 10.00. The molecule has 0 saturated carbocycles. The number of likely N-dealkylation sites (tertiary alicyclic amines) is 1. The summed E-state index contributed by atoms with van der Waals surface area (Å²) >= 11 is 0. The first-order valence-electron chi connectivity index (χ1n) is 10.8. The van der Waals surface area contributed by atoms with Gasteiger partial charge in [-0.25, -0.2) is 9.97 Å². The third-order valence-electron chi connectivity index (χ3n) is 6.20. The topological polar surface area (TPSA) is 61.8 Å². The molecule has 7 nitrogen and oxygen atoms in total. The molecular weight excluding hydrogens is 378 g/mol. The number of rotatable bonds is 6. The van der Waals surface area contributed by atoms with E-state index in [1.165, 1.54) is 5.56 Å². The van der Waals surface area contributed by atoms with Crippen molar-refractivity contribution >= 4 is 11.9 Å². The highest BCUT2D eigenvalue weighted by Crippen LogP contribution is 2.28. The maximum Gasteiger partial charge on any atom is 0.227 e. The summed E-state index contributed by atoms with van der Waals surface area (Å²) in [6.45, 7) is 5.42. The molecule has 2 aliphatic heterocycles. The van der Waals surface area contributed by atoms with E-state index in [0.717, 1.165) is 45.0 Å². The highest BCUT2D eigenvalue weighted by molar-refractivity contribution is 5.80. The number of hydrogen-bond donors (Lipinski definition) is 0. The largest absolute Gasteiger partial charge is 0.383 e. The summed E-state index contributed by atoms with van der Waals surface area (Å²) in [4.78, 5) is 28.8. The van der Waals surface area contributed by atoms with Crippen LogP contribution >= 0.6 is 0 Å². The number of carbonyl (C=O) groups is 1. The first kappa shape index (κ1) is 20.8. The molecule has 0 bridgehead atoms. The highest BCUT2D eigenvalue weighted by atomic mass is 16.5. The maximum absolute atomic E-state index is 13.5. The van der Waals surface area contributed by atoms with Crippen LogP contribution in [0.3, 0.4) is 0 Å². The van der Waals surface area contributed by atoms with Gasteiger partial charge in [0.2, 0.25) is 11.9 Å². The lowest BCUT2D eigenvalue weighted by Gasteiger charge is -2.43. The van der Waals surface area contributed by atoms with Gasteiger partial charge in [-0.15, -0.1) is 0 Å². The molecule has 1 aromatic heterocycles. The molecule has 4 rings (SSSR count). The number of anilines is 1. The van der Waals surface area contributed by atoms with Crippen LogP contribution in [0, 0.1) is 5.92 Å². The number of amides is 1. The zero-order chi connectivity index (χ0) is 20.8. The summed E-state index contributed by atoms with van der Waals surface area (Å²) in [6.07, 6.45) is 5.50. The lowest BCUT2D eigenvalue weighted by Crippen LogP contribution is -2.56. The second-order valence-electron chi connectivity index (χ2n) is 8.09. The minimum Gasteiger partial charge on any atom is -0.383 e. The number of hydrogen-bond acceptors (Lipinski definition) is 6. The molecule has 0 N–H and O–H groups in total. The molecule has 160 valence electrons. The van der Waals surface area contributed by atoms with Gasteiger partial charge in [-0.2, -0.15) is 0 Å². The van der Waals surface area contributed by atoms with E-state index in [1.54, 1.807) is 19.5 Å². The highest BCUT2D eigenvalue weighted by Gasteiger charge is 2.38. The van der Waals surface area contributed by atoms with Gasteiger partial charge < -0.3 is 14.5 Å². The number of piperidine rings is 1. The molecule has 2 aromatic rings. The number of ether oxygens (including phenoxy) is 1. The van der Waals surface area contributed by atoms with Gasteiger partial charge >= 0.3 is 0 Å². The van der Waals surface area contributed by atoms with E-state index >= 15 is 0 Å². The lowest BCUT2D eigenvalue weighted by molar-refractivity contribution is -0.141. The predicted molar refractivity (Wildman–Crippen MR) is 116 cm³/mol. The van der Waals surface area contributed by atoms with E-state index in [4.69, 9.17) is 4.74 Å². The average molecular weight is 410 g/mol. The monoisotopic (exact) mass is 409 g/mol. The minimum atomic E-state index is -0.0121. The standard InChI is InChI=1S/C23H31N5O2/c1-30-18-21-20(9-5-12-28(21)17-19-7-3-2-4-8-19)22(29)26-13-15-27(16-14-26)23-24-10-6-11-25-23/h2-4,6-8,10-11,20-21H,5,9,12-18H2,1H3/t20-,21-/m1/s1. The van der Waals surface area contributed by atoms with Crippen LogP contribution in [0.25, 0.3) is 0 Å². The molecule has 2 saturated heterocycles. The van der Waals surface area contributed by atoms with Crippen LogP contribution in [0.15, 0.2) is 48.8 Å². The van der Waals surface area contributed by atoms with Gasteiger partial charge in [-0.05, 0) is 31.0 Å². The molecule has 0 unspecified atom stereocenters. The van der Waals surface area contributed by atoms with Crippen LogP contribution in [0.2, 0.25) is 0 Å². The van der Waals surface area contributed by atoms with E-state index in [0.29, 0.717) is 19.7 Å². The third-order valence-corrected chi connectivity index (χ3v) is 6.20. The Labute approximate surface area is 178 Å². The zero-order valence-electron chi connectivity index (χ0n) is 17.7. The molecule has 30 heavy (non-hydrogen) atoms. The minimum absolute atomic E-state index is 0.0121. The summed E-state index contributed by atoms with van der Waals surface area (Å²) < 4.78 is 5.55. The Balaban J connectivity index is 1.40. The number of benzene rings is 1. The van der Waals surface area contributed by atoms with E-state index in [1.807, 2.05) is 17.0 Å². The Hall–Kier alpha value is -2.51. The Kier molecular flexibility index (Phi) is 6.92. The number of piperazine rings is 1. The number of aromatic nitrogens is 2. The first-order chi connectivity index (χ1) is 14.8. The molecular formula is C23H31N5O2. The van der Waals surface area contributed by atoms with Crippen LogP contribution in [0.1, 0.15) is 18.4 Å². The van der Waals surface area contributed by atoms with Gasteiger partial charge in [0.05, 0.1) is 12.5 Å². The third kappa shape index (κ3) is 4.79. The van der Waals surface area contributed by atoms with Crippen LogP contribution in [-0.4, -0.2) is 78.2 Å². The van der Waals surface area contributed by atoms with Gasteiger partial charge in [0, 0.05) is 58.3 Å². The lowest BCUT2D eigenvalue weighted by atomic mass is 9.87. The number of carbonyl (C=O) groups excluding carboxylic acids is 1. The Morgan fingerprint density at radius 3 is 2.47 bits per heavy atom. The molecule has 1 aromatic carbocycles. The van der Waals surface area contributed by atoms with Crippen LogP contribution in [-0.2, 0) is 16.1 Å². The van der Waals surface area contributed by atoms with E-state index in [9.17, 15) is 4.79 Å². The molecule has 7 heteroatoms. The summed E-state index contributed by atoms with van der Waals surface area (Å²) in [5.74, 6) is 0.999. The van der Waals surface area contributed by atoms with Crippen molar-refractivity contribution in [3.05, 3.63) is 54.4 Å². The van der Waals surface area contributed by atoms with Crippen LogP contribution in [0.4, 0.5) is 5.95 Å². The van der Waals surface area contributed by atoms with E-state index in [2.05, 4.69) is 44.0 Å². The van der Waals surface area contributed by atoms with Crippen molar-refractivity contribution in [3.8, 4) is 0 Å². The molecule has 0 spiro atoms. The zero-order valence-corrected chi connectivity index (χ0v) is 17.7. The number of nitrogens with zero attached hydrogens (tertiary/aromatic N) is 5. The maximum atomic E-state index is 13.5. The smallest absolute Gasteiger partial charge is 0.227 e. The Morgan fingerprint density at radius 1 is 1.03 bits per heavy atom. The predicted octanol–water partition coefficient (Wildman–Crippen LogP) is 2.05. The van der Waals surface area contributed by atoms with Gasteiger partial charge in [-0.3, -0.25) is 9.69 Å². The fourth-order valence-electron chi connectivity index (χ4n) is 4.64. The van der Waals surface area contributed by atoms with E-state index < -0.39 is 0 Å². The summed E-state index contributed by atoms with van der Waals surface area (Å²) in [5.41, 5.74) is 1.28. The summed E-state index contributed by atoms with van der Waals surface area (Å²) in [5, 5.41) is 0. The molecule has 2 aliphatic rings. The molecule has 1 amide bonds. The van der Waals surface area contributed by atoms with Crippen molar-refractivity contribution in [1.29, 1.82) is 0 Å². The average Bonchev–Trinajstić information content (AvgIpc) is 2.81. The van der Waals surface area contributed by atoms with Crippen molar-refractivity contribution in [1.82, 2.24) is 19.8 Å². The van der Waals surface area contributed by atoms with Crippen molar-refractivity contribution in [3.63, 3.8) is 0 Å². The van der Waals surface area contributed by atoms with Crippen molar-refractivity contribution in [2.24, 2.45) is 5.92 Å². The molecule has 2 fully saturated rings. The fraction of sp³-hybridized carbons (Fsp3) is 0.522. The summed E-state index contributed by atoms with van der Waals surface area (Å²) in [7, 11) is 1.73. The first-order valence-corrected chi connectivity index (χ1v) is 10.8. The van der Waals surface area contributed by atoms with Crippen LogP contribution in [0.5, 0.6) is 0 Å². The van der Waals surface area contributed by atoms with Crippen molar-refractivity contribution in [2.45, 2.75) is 25.4 Å². The summed E-state index contributed by atoms with van der Waals surface area (Å²) in [6, 6.07) is 12.4. The van der Waals surface area contributed by atoms with Gasteiger partial charge in [0.15, 0.2) is 0 Å².